The van der Waals surface area contributed by atoms with Gasteiger partial charge in [-0.15, -0.1) is 0 Å². The number of primary amides is 4. The number of morpholine rings is 1. The summed E-state index contributed by atoms with van der Waals surface area (Å²) in [5.41, 5.74) is 43.7. The number of H-pyrrole nitrogens is 8. The number of piperazine rings is 1. The van der Waals surface area contributed by atoms with Gasteiger partial charge in [0.1, 0.15) is 0 Å². The Labute approximate surface area is 805 Å². The molecule has 0 aliphatic carbocycles. The topological polar surface area (TPSA) is 609 Å². The molecule has 3 aliphatic rings. The van der Waals surface area contributed by atoms with Crippen LogP contribution in [0.3, 0.4) is 0 Å². The van der Waals surface area contributed by atoms with Gasteiger partial charge in [0.05, 0.1) is 113 Å². The van der Waals surface area contributed by atoms with Crippen LogP contribution in [0, 0.1) is 5.92 Å². The summed E-state index contributed by atoms with van der Waals surface area (Å²) >= 11 is 0. The third kappa shape index (κ3) is 19.3. The highest BCUT2D eigenvalue weighted by atomic mass is 32.2. The number of nitrogens with zero attached hydrogens (tertiary/aromatic N) is 16. The highest BCUT2D eigenvalue weighted by Crippen LogP contribution is 2.39. The largest absolute Gasteiger partial charge is 0.378 e. The number of piperidine rings is 1. The molecule has 0 atom stereocenters. The van der Waals surface area contributed by atoms with E-state index >= 15 is 0 Å². The lowest BCUT2D eigenvalue weighted by Crippen LogP contribution is -2.48. The Morgan fingerprint density at radius 3 is 0.951 bits per heavy atom. The summed E-state index contributed by atoms with van der Waals surface area (Å²) in [6.07, 6.45) is 22.8. The van der Waals surface area contributed by atoms with Crippen molar-refractivity contribution < 1.29 is 46.7 Å². The number of hydrogen-bond acceptors (Lipinski definition) is 24. The summed E-state index contributed by atoms with van der Waals surface area (Å²) < 4.78 is 30.8. The van der Waals surface area contributed by atoms with E-state index < -0.39 is 33.7 Å². The molecule has 23 rings (SSSR count). The lowest BCUT2D eigenvalue weighted by molar-refractivity contribution is -0.121. The molecule has 20 N–H and O–H groups in total. The van der Waals surface area contributed by atoms with Gasteiger partial charge in [0.15, 0.2) is 22.6 Å². The zero-order valence-electron chi connectivity index (χ0n) is 76.3. The van der Waals surface area contributed by atoms with Gasteiger partial charge in [-0.2, -0.15) is 20.4 Å². The van der Waals surface area contributed by atoms with Crippen molar-refractivity contribution in [2.45, 2.75) is 12.8 Å². The van der Waals surface area contributed by atoms with E-state index in [2.05, 4.69) is 145 Å². The quantitative estimate of drug-likeness (QED) is 0.0379. The molecule has 0 saturated carbocycles. The van der Waals surface area contributed by atoms with Crippen molar-refractivity contribution in [1.29, 1.82) is 0 Å². The minimum atomic E-state index is -3.42. The number of ether oxygens (including phenoxy) is 1. The van der Waals surface area contributed by atoms with Gasteiger partial charge in [-0.1, -0.05) is 24.3 Å². The van der Waals surface area contributed by atoms with E-state index in [1.807, 2.05) is 95.9 Å². The lowest BCUT2D eigenvalue weighted by Gasteiger charge is -2.32. The van der Waals surface area contributed by atoms with E-state index in [0.29, 0.717) is 124 Å². The first kappa shape index (κ1) is 91.4. The minimum Gasteiger partial charge on any atom is -0.378 e. The lowest BCUT2D eigenvalue weighted by atomic mass is 9.96. The van der Waals surface area contributed by atoms with E-state index in [0.717, 1.165) is 184 Å². The summed E-state index contributed by atoms with van der Waals surface area (Å²) in [6, 6.07) is 43.7. The van der Waals surface area contributed by atoms with Crippen LogP contribution in [-0.4, -0.2) is 256 Å². The second kappa shape index (κ2) is 38.7. The molecule has 9 amide bonds. The average molecular weight is 1920 g/mol. The van der Waals surface area contributed by atoms with Crippen LogP contribution < -0.4 is 43.6 Å². The van der Waals surface area contributed by atoms with Gasteiger partial charge in [-0.05, 0) is 161 Å². The second-order valence-electron chi connectivity index (χ2n) is 34.6. The number of anilines is 4. The number of likely N-dealkylation sites (tertiary alicyclic amines) is 1. The van der Waals surface area contributed by atoms with E-state index in [9.17, 15) is 42.0 Å². The number of pyridine rings is 8. The van der Waals surface area contributed by atoms with Crippen LogP contribution in [-0.2, 0) is 19.6 Å². The summed E-state index contributed by atoms with van der Waals surface area (Å²) in [6.45, 7) is 7.10. The van der Waals surface area contributed by atoms with Crippen molar-refractivity contribution in [2.24, 2.45) is 28.9 Å². The van der Waals surface area contributed by atoms with Gasteiger partial charge < -0.3 is 83.2 Å². The molecule has 19 heterocycles. The molecule has 3 saturated heterocycles. The van der Waals surface area contributed by atoms with Crippen molar-refractivity contribution in [3.05, 3.63) is 242 Å². The van der Waals surface area contributed by atoms with E-state index in [-0.39, 0.29) is 23.9 Å². The molecule has 712 valence electrons. The maximum Gasteiger partial charge on any atom is 0.322 e. The number of sulfonamides is 1. The zero-order valence-corrected chi connectivity index (χ0v) is 77.1. The molecule has 43 heteroatoms. The van der Waals surface area contributed by atoms with Gasteiger partial charge in [0, 0.05) is 227 Å². The summed E-state index contributed by atoms with van der Waals surface area (Å²) in [4.78, 5) is 142. The second-order valence-corrected chi connectivity index (χ2v) is 36.3. The van der Waals surface area contributed by atoms with Crippen molar-refractivity contribution >= 4 is 162 Å². The number of rotatable bonds is 18. The van der Waals surface area contributed by atoms with E-state index in [4.69, 9.17) is 27.7 Å². The van der Waals surface area contributed by atoms with Gasteiger partial charge in [-0.25, -0.2) is 37.9 Å². The van der Waals surface area contributed by atoms with Crippen LogP contribution in [0.5, 0.6) is 0 Å². The first-order chi connectivity index (χ1) is 68.8. The van der Waals surface area contributed by atoms with Crippen LogP contribution in [0.1, 0.15) is 54.3 Å². The number of carbonyl (C=O) groups excluding carboxylic acids is 7. The number of likely N-dealkylation sites (N-methyl/N-ethyl adjacent to an activating group) is 1. The summed E-state index contributed by atoms with van der Waals surface area (Å²) in [7, 11) is 0.704. The van der Waals surface area contributed by atoms with E-state index in [1.165, 1.54) is 6.20 Å². The van der Waals surface area contributed by atoms with E-state index in [1.54, 1.807) is 128 Å². The van der Waals surface area contributed by atoms with Crippen LogP contribution in [0.15, 0.2) is 220 Å². The highest BCUT2D eigenvalue weighted by molar-refractivity contribution is 7.92. The third-order valence-corrected chi connectivity index (χ3v) is 25.6. The first-order valence-electron chi connectivity index (χ1n) is 45.0. The monoisotopic (exact) mass is 1920 g/mol. The number of urea groups is 2. The van der Waals surface area contributed by atoms with Crippen molar-refractivity contribution in [3.8, 4) is 90.1 Å². The van der Waals surface area contributed by atoms with Crippen LogP contribution in [0.2, 0.25) is 0 Å². The molecule has 0 radical (unpaired) electrons. The summed E-state index contributed by atoms with van der Waals surface area (Å²) in [5.74, 6) is -1.91. The Morgan fingerprint density at radius 2 is 0.634 bits per heavy atom. The number of aromatic nitrogens is 20. The number of nitrogens with two attached hydrogens (primary N) is 4. The third-order valence-electron chi connectivity index (χ3n) is 25.0. The average Bonchev–Trinajstić information content (AvgIpc) is 1.63. The fourth-order valence-corrected chi connectivity index (χ4v) is 18.2. The van der Waals surface area contributed by atoms with Crippen LogP contribution >= 0.6 is 0 Å². The number of fused-ring (bicyclic) bond motifs is 8. The number of amides is 9. The Bertz CT molecular complexity index is 8240. The van der Waals surface area contributed by atoms with Crippen molar-refractivity contribution in [1.82, 2.24) is 120 Å². The number of carbonyl (C=O) groups is 7. The fourth-order valence-electron chi connectivity index (χ4n) is 17.6. The Kier molecular flexibility index (Phi) is 24.9. The Morgan fingerprint density at radius 1 is 0.345 bits per heavy atom. The fraction of sp³-hybridized carbons (Fsp3) is 0.162. The molecule has 142 heavy (non-hydrogen) atoms. The van der Waals surface area contributed by atoms with Gasteiger partial charge in [0.25, 0.3) is 0 Å². The molecule has 0 spiro atoms. The van der Waals surface area contributed by atoms with Crippen molar-refractivity contribution in [2.75, 3.05) is 107 Å². The summed E-state index contributed by atoms with van der Waals surface area (Å²) in [5, 5.41) is 44.4. The molecule has 16 aromatic heterocycles. The van der Waals surface area contributed by atoms with Gasteiger partial charge in [0.2, 0.25) is 39.6 Å². The zero-order chi connectivity index (χ0) is 98.1. The molecule has 0 bridgehead atoms. The van der Waals surface area contributed by atoms with Crippen molar-refractivity contribution in [3.63, 3.8) is 0 Å². The maximum absolute atomic E-state index is 12.8. The molecule has 42 nitrogen and oxygen atoms in total. The van der Waals surface area contributed by atoms with Gasteiger partial charge >= 0.3 is 12.1 Å². The number of aromatic amines is 8. The molecule has 0 unspecified atom stereocenters. The molecule has 3 fully saturated rings. The Balaban J connectivity index is 0.000000116. The molecular weight excluding hydrogens is 1830 g/mol. The van der Waals surface area contributed by atoms with Crippen LogP contribution in [0.25, 0.3) is 178 Å². The normalized spacial score (nSPS) is 13.8. The Hall–Kier alpha value is -18.4. The van der Waals surface area contributed by atoms with Crippen LogP contribution in [0.4, 0.5) is 32.3 Å². The molecular formula is C99H90N32O10S. The highest BCUT2D eigenvalue weighted by Gasteiger charge is 2.28. The smallest absolute Gasteiger partial charge is 0.322 e. The van der Waals surface area contributed by atoms with Gasteiger partial charge in [-0.3, -0.25) is 69.0 Å². The SMILES string of the molecule is CN1CCC(C(=O)Nc2cncc(-c3cnc4n[nH]c(-c5cc6c(C(N)=O)cccc6[nH]5)c4c3)c2)CC1.CN1CCN(C(=O)Nc2cncc(-c3cnc4n[nH]c(-c5cc6c(C(N)=O)cccc6[nH]5)c4c3)c2)CC1.CS(=O)(=O)Nc1cncc(-c2cnc3n[nH]c(-c4cc5c(C(N)=O)cccc5[nH]4)c3c2)c1.NC(=O)c1cccc2[nH]c(-c3[nH]nc4ncc(-c5cncc(NC(=O)N6CCOCC6)c5)cc34)cc12. The molecule has 3 aliphatic heterocycles. The minimum absolute atomic E-state index is 0.0118. The number of benzene rings is 4. The number of hydrogen-bond donors (Lipinski definition) is 16. The number of nitrogens with one attached hydrogen (secondary N) is 12. The predicted octanol–water partition coefficient (Wildman–Crippen LogP) is 12.4. The predicted molar refractivity (Wildman–Crippen MR) is 539 cm³/mol. The first-order valence-corrected chi connectivity index (χ1v) is 46.9. The molecule has 20 aromatic rings. The standard InChI is InChI=1S/C27H26N8O2.C26H25N9O2.C25H22N8O3.C21H17N7O3S/c1-35-7-5-15(6-8-35)27(37)31-18-9-16(12-29-14-18)17-10-21-24(33-34-26(21)30-13-17)23-11-20-19(25(28)36)3-2-4-22(20)32-23;1-34-5-7-35(8-6-34)26(37)30-17-9-15(12-28-14-17)16-10-20-23(32-33-25(20)29-13-16)22-11-19-18(24(27)36)3-2-4-21(19)31-22;26-23(34)17-2-1-3-20-18(17)10-21(30-20)22-19-9-15(12-28-24(19)32-31-22)14-8-16(13-27-11-14)29-25(35)33-4-6-36-7-5-33;1-32(30,31)28-13-5-11(8-23-10-13)12-6-16-19(26-27-21(16)24-9-12)18-7-15-14(20(22)29)3-2-4-17(15)25-18/h2-4,9-15,32H,5-8H2,1H3,(H2,28,36)(H,31,37)(H,30,33,34);2-4,9-14,31H,5-8H2,1H3,(H2,27,36)(H,30,37)(H,29,32,33);1-3,8-13,30H,4-7H2,(H2,26,34)(H,29,35)(H,28,31,32);2-10,25,28H,1H3,(H2,22,29)(H,24,26,27). The molecule has 4 aromatic carbocycles. The maximum atomic E-state index is 12.8.